The molecule has 1 aromatic rings. The summed E-state index contributed by atoms with van der Waals surface area (Å²) in [6, 6.07) is 0.353. The molecule has 1 amide bonds. The topological polar surface area (TPSA) is 64.2 Å². The van der Waals surface area contributed by atoms with Gasteiger partial charge in [-0.15, -0.1) is 0 Å². The Morgan fingerprint density at radius 3 is 2.60 bits per heavy atom. The second-order valence-corrected chi connectivity index (χ2v) is 6.91. The molecule has 2 heterocycles. The Morgan fingerprint density at radius 1 is 1.40 bits per heavy atom. The molecule has 2 rings (SSSR count). The van der Waals surface area contributed by atoms with E-state index in [-0.39, 0.29) is 0 Å². The Hall–Kier alpha value is -1.36. The zero-order chi connectivity index (χ0) is 14.8. The van der Waals surface area contributed by atoms with Crippen LogP contribution in [0.4, 0.5) is 0 Å². The van der Waals surface area contributed by atoms with E-state index in [0.29, 0.717) is 17.3 Å². The fourth-order valence-corrected chi connectivity index (χ4v) is 2.71. The molecular formula is C15H26N4O. The van der Waals surface area contributed by atoms with Crippen molar-refractivity contribution in [3.8, 4) is 0 Å². The van der Waals surface area contributed by atoms with Crippen molar-refractivity contribution in [3.63, 3.8) is 0 Å². The molecular weight excluding hydrogens is 252 g/mol. The summed E-state index contributed by atoms with van der Waals surface area (Å²) in [6.45, 7) is 10.2. The molecule has 1 aliphatic rings. The lowest BCUT2D eigenvalue weighted by molar-refractivity contribution is 0.0977. The summed E-state index contributed by atoms with van der Waals surface area (Å²) in [5.74, 6) is -0.0525. The number of amides is 1. The number of nitrogens with two attached hydrogens (primary N) is 1. The number of hydrogen-bond donors (Lipinski definition) is 1. The Balaban J connectivity index is 1.88. The first kappa shape index (κ1) is 15.0. The van der Waals surface area contributed by atoms with E-state index < -0.39 is 5.91 Å². The largest absolute Gasteiger partial charge is 0.363 e. The third-order valence-electron chi connectivity index (χ3n) is 4.02. The molecule has 1 aliphatic heterocycles. The second kappa shape index (κ2) is 5.95. The number of hydrogen-bond acceptors (Lipinski definition) is 3. The number of imidazole rings is 1. The highest BCUT2D eigenvalue weighted by Gasteiger charge is 2.24. The number of aromatic nitrogens is 2. The van der Waals surface area contributed by atoms with E-state index in [4.69, 9.17) is 5.73 Å². The van der Waals surface area contributed by atoms with Crippen LogP contribution in [0.25, 0.3) is 0 Å². The minimum absolute atomic E-state index is 0.353. The lowest BCUT2D eigenvalue weighted by Gasteiger charge is -2.34. The van der Waals surface area contributed by atoms with Crippen molar-refractivity contribution in [2.24, 2.45) is 11.1 Å². The van der Waals surface area contributed by atoms with Crippen molar-refractivity contribution in [1.29, 1.82) is 0 Å². The highest BCUT2D eigenvalue weighted by Crippen LogP contribution is 2.25. The summed E-state index contributed by atoms with van der Waals surface area (Å²) in [5.41, 5.74) is 5.75. The van der Waals surface area contributed by atoms with Gasteiger partial charge in [0.25, 0.3) is 5.91 Å². The first-order chi connectivity index (χ1) is 9.37. The molecule has 20 heavy (non-hydrogen) atoms. The normalized spacial score (nSPS) is 18.4. The second-order valence-electron chi connectivity index (χ2n) is 6.91. The molecule has 0 atom stereocenters. The van der Waals surface area contributed by atoms with E-state index >= 15 is 0 Å². The molecule has 5 nitrogen and oxygen atoms in total. The van der Waals surface area contributed by atoms with Crippen molar-refractivity contribution in [3.05, 3.63) is 18.2 Å². The smallest absolute Gasteiger partial charge is 0.284 e. The third-order valence-corrected chi connectivity index (χ3v) is 4.02. The van der Waals surface area contributed by atoms with E-state index in [1.165, 1.54) is 6.42 Å². The summed E-state index contributed by atoms with van der Waals surface area (Å²) in [7, 11) is 0. The third kappa shape index (κ3) is 3.82. The number of carbonyl (C=O) groups is 1. The van der Waals surface area contributed by atoms with Gasteiger partial charge < -0.3 is 15.2 Å². The van der Waals surface area contributed by atoms with Crippen LogP contribution < -0.4 is 5.73 Å². The van der Waals surface area contributed by atoms with Crippen molar-refractivity contribution >= 4 is 5.91 Å². The maximum atomic E-state index is 11.3. The molecule has 1 aromatic heterocycles. The molecule has 0 aliphatic carbocycles. The molecule has 1 fully saturated rings. The van der Waals surface area contributed by atoms with Gasteiger partial charge in [-0.2, -0.15) is 0 Å². The van der Waals surface area contributed by atoms with E-state index in [2.05, 4.69) is 30.7 Å². The minimum atomic E-state index is -0.440. The molecule has 5 heteroatoms. The molecule has 0 spiro atoms. The van der Waals surface area contributed by atoms with Crippen LogP contribution >= 0.6 is 0 Å². The lowest BCUT2D eigenvalue weighted by Crippen LogP contribution is -2.37. The molecule has 0 saturated carbocycles. The molecule has 1 saturated heterocycles. The maximum Gasteiger partial charge on any atom is 0.284 e. The fraction of sp³-hybridized carbons (Fsp3) is 0.733. The van der Waals surface area contributed by atoms with Gasteiger partial charge in [-0.1, -0.05) is 20.8 Å². The predicted octanol–water partition coefficient (Wildman–Crippen LogP) is 2.06. The molecule has 0 unspecified atom stereocenters. The zero-order valence-corrected chi connectivity index (χ0v) is 12.8. The van der Waals surface area contributed by atoms with Crippen LogP contribution in [-0.2, 0) is 0 Å². The van der Waals surface area contributed by atoms with Gasteiger partial charge in [0.15, 0.2) is 5.82 Å². The maximum absolute atomic E-state index is 11.3. The summed E-state index contributed by atoms with van der Waals surface area (Å²) in [5, 5.41) is 0. The van der Waals surface area contributed by atoms with E-state index in [0.717, 1.165) is 32.5 Å². The van der Waals surface area contributed by atoms with Gasteiger partial charge >= 0.3 is 0 Å². The van der Waals surface area contributed by atoms with Gasteiger partial charge in [-0.05, 0) is 31.2 Å². The van der Waals surface area contributed by atoms with E-state index in [1.54, 1.807) is 6.20 Å². The average molecular weight is 278 g/mol. The van der Waals surface area contributed by atoms with E-state index in [9.17, 15) is 4.79 Å². The first-order valence-corrected chi connectivity index (χ1v) is 7.42. The van der Waals surface area contributed by atoms with Crippen molar-refractivity contribution in [2.75, 3.05) is 19.6 Å². The van der Waals surface area contributed by atoms with Crippen LogP contribution in [0, 0.1) is 5.41 Å². The SMILES string of the molecule is CC(C)(C)CCN1CCC(n2ccnc2C(N)=O)CC1. The number of rotatable bonds is 4. The van der Waals surface area contributed by atoms with Crippen LogP contribution in [0.3, 0.4) is 0 Å². The highest BCUT2D eigenvalue weighted by atomic mass is 16.1. The number of piperidine rings is 1. The van der Waals surface area contributed by atoms with Crippen molar-refractivity contribution < 1.29 is 4.79 Å². The minimum Gasteiger partial charge on any atom is -0.363 e. The van der Waals surface area contributed by atoms with Crippen LogP contribution in [0.2, 0.25) is 0 Å². The Kier molecular flexibility index (Phi) is 4.48. The predicted molar refractivity (Wildman–Crippen MR) is 79.5 cm³/mol. The molecule has 0 aromatic carbocycles. The molecule has 2 N–H and O–H groups in total. The van der Waals surface area contributed by atoms with Gasteiger partial charge in [0.1, 0.15) is 0 Å². The lowest BCUT2D eigenvalue weighted by atomic mass is 9.91. The Bertz CT molecular complexity index is 453. The van der Waals surface area contributed by atoms with Gasteiger partial charge in [-0.25, -0.2) is 4.98 Å². The summed E-state index contributed by atoms with van der Waals surface area (Å²) < 4.78 is 1.95. The summed E-state index contributed by atoms with van der Waals surface area (Å²) >= 11 is 0. The van der Waals surface area contributed by atoms with Gasteiger partial charge in [0, 0.05) is 31.5 Å². The van der Waals surface area contributed by atoms with Crippen molar-refractivity contribution in [1.82, 2.24) is 14.5 Å². The number of carbonyl (C=O) groups excluding carboxylic acids is 1. The monoisotopic (exact) mass is 278 g/mol. The van der Waals surface area contributed by atoms with Crippen LogP contribution in [0.15, 0.2) is 12.4 Å². The van der Waals surface area contributed by atoms with Crippen molar-refractivity contribution in [2.45, 2.75) is 46.1 Å². The Morgan fingerprint density at radius 2 is 2.05 bits per heavy atom. The number of nitrogens with zero attached hydrogens (tertiary/aromatic N) is 3. The van der Waals surface area contributed by atoms with Crippen LogP contribution in [0.1, 0.15) is 56.7 Å². The number of primary amides is 1. The molecule has 112 valence electrons. The van der Waals surface area contributed by atoms with Gasteiger partial charge in [0.05, 0.1) is 0 Å². The Labute approximate surface area is 121 Å². The van der Waals surface area contributed by atoms with Gasteiger partial charge in [0.2, 0.25) is 0 Å². The van der Waals surface area contributed by atoms with Crippen LogP contribution in [0.5, 0.6) is 0 Å². The quantitative estimate of drug-likeness (QED) is 0.917. The average Bonchev–Trinajstić information content (AvgIpc) is 2.85. The highest BCUT2D eigenvalue weighted by molar-refractivity contribution is 5.89. The standard InChI is InChI=1S/C15H26N4O/c1-15(2,3)6-10-18-8-4-12(5-9-18)19-11-7-17-14(19)13(16)20/h7,11-12H,4-6,8-10H2,1-3H3,(H2,16,20). The van der Waals surface area contributed by atoms with Gasteiger partial charge in [-0.3, -0.25) is 4.79 Å². The summed E-state index contributed by atoms with van der Waals surface area (Å²) in [6.07, 6.45) is 6.86. The zero-order valence-electron chi connectivity index (χ0n) is 12.8. The molecule has 0 radical (unpaired) electrons. The number of likely N-dealkylation sites (tertiary alicyclic amines) is 1. The summed E-state index contributed by atoms with van der Waals surface area (Å²) in [4.78, 5) is 17.9. The fourth-order valence-electron chi connectivity index (χ4n) is 2.71. The van der Waals surface area contributed by atoms with Crippen LogP contribution in [-0.4, -0.2) is 40.0 Å². The molecule has 0 bridgehead atoms. The van der Waals surface area contributed by atoms with E-state index in [1.807, 2.05) is 10.8 Å². The first-order valence-electron chi connectivity index (χ1n) is 7.42.